The first-order valence-electron chi connectivity index (χ1n) is 31.0. The van der Waals surface area contributed by atoms with Crippen molar-refractivity contribution in [3.63, 3.8) is 0 Å². The van der Waals surface area contributed by atoms with Crippen LogP contribution in [0.2, 0.25) is 0 Å². The number of benzene rings is 7. The van der Waals surface area contributed by atoms with Crippen LogP contribution in [-0.4, -0.2) is 37.8 Å². The predicted molar refractivity (Wildman–Crippen MR) is 365 cm³/mol. The van der Waals surface area contributed by atoms with Crippen LogP contribution in [0.15, 0.2) is 192 Å². The number of hydrogen-bond donors (Lipinski definition) is 0. The van der Waals surface area contributed by atoms with Gasteiger partial charge in [-0.2, -0.15) is 72.2 Å². The maximum absolute atomic E-state index is 14.9. The molecule has 8 nitrogen and oxygen atoms in total. The summed E-state index contributed by atoms with van der Waals surface area (Å²) in [6, 6.07) is 38.7. The molecular formula is C82H72N2O6U2. The van der Waals surface area contributed by atoms with Crippen molar-refractivity contribution in [1.29, 1.82) is 0 Å². The number of carbonyl (C=O) groups is 4. The van der Waals surface area contributed by atoms with Gasteiger partial charge < -0.3 is 22.3 Å². The summed E-state index contributed by atoms with van der Waals surface area (Å²) in [7, 11) is 3.10. The topological polar surface area (TPSA) is 93.2 Å². The molecule has 0 spiro atoms. The zero-order valence-electron chi connectivity index (χ0n) is 53.8. The molecule has 0 bridgehead atoms. The molecular weight excluding hydrogens is 1580 g/mol. The Morgan fingerprint density at radius 2 is 0.946 bits per heavy atom. The van der Waals surface area contributed by atoms with E-state index >= 15 is 0 Å². The average Bonchev–Trinajstić information content (AvgIpc) is 0.867. The molecule has 0 saturated heterocycles. The van der Waals surface area contributed by atoms with E-state index in [2.05, 4.69) is 165 Å². The maximum atomic E-state index is 14.9. The second kappa shape index (κ2) is 30.2. The van der Waals surface area contributed by atoms with Crippen LogP contribution in [0.4, 0.5) is 11.4 Å². The monoisotopic (exact) mass is 1660 g/mol. The molecule has 0 saturated carbocycles. The number of imide groups is 2. The van der Waals surface area contributed by atoms with Crippen molar-refractivity contribution in [2.45, 2.75) is 81.1 Å². The smallest absolute Gasteiger partial charge is 0.495 e. The Balaban J connectivity index is 0.000000564. The quantitative estimate of drug-likeness (QED) is 0.0687. The van der Waals surface area contributed by atoms with Gasteiger partial charge in [0, 0.05) is 54.9 Å². The van der Waals surface area contributed by atoms with Crippen molar-refractivity contribution >= 4 is 67.7 Å². The van der Waals surface area contributed by atoms with Crippen LogP contribution < -0.4 is 19.3 Å². The molecule has 2 heterocycles. The summed E-state index contributed by atoms with van der Waals surface area (Å²) in [4.78, 5) is 61.2. The Labute approximate surface area is 590 Å². The maximum Gasteiger partial charge on any atom is 2.00 e. The van der Waals surface area contributed by atoms with Crippen LogP contribution in [0.1, 0.15) is 156 Å². The van der Waals surface area contributed by atoms with Gasteiger partial charge in [0.2, 0.25) is 0 Å². The van der Waals surface area contributed by atoms with Gasteiger partial charge in [-0.3, -0.25) is 29.0 Å². The average molecular weight is 1660 g/mol. The molecule has 7 aromatic rings. The van der Waals surface area contributed by atoms with Crippen LogP contribution in [0.5, 0.6) is 11.5 Å². The summed E-state index contributed by atoms with van der Waals surface area (Å²) in [6.45, 7) is 17.7. The van der Waals surface area contributed by atoms with Gasteiger partial charge in [-0.1, -0.05) is 181 Å². The number of nitrogens with zero attached hydrogens (tertiary/aromatic N) is 2. The molecule has 92 heavy (non-hydrogen) atoms. The molecule has 4 aliphatic carbocycles. The van der Waals surface area contributed by atoms with Crippen LogP contribution in [-0.2, 0) is 0 Å². The van der Waals surface area contributed by atoms with Gasteiger partial charge in [-0.25, -0.2) is 0 Å². The van der Waals surface area contributed by atoms with E-state index < -0.39 is 23.6 Å². The molecule has 2 aliphatic heterocycles. The van der Waals surface area contributed by atoms with E-state index in [1.54, 1.807) is 74.9 Å². The third kappa shape index (κ3) is 14.2. The molecule has 0 radical (unpaired) electrons. The van der Waals surface area contributed by atoms with Gasteiger partial charge in [0.05, 0.1) is 25.3 Å². The Hall–Kier alpha value is -7.92. The minimum Gasteiger partial charge on any atom is -0.495 e. The Bertz CT molecular complexity index is 4490. The van der Waals surface area contributed by atoms with Crippen molar-refractivity contribution in [1.82, 2.24) is 0 Å². The number of hydrogen-bond acceptors (Lipinski definition) is 6. The minimum atomic E-state index is -0.469. The summed E-state index contributed by atoms with van der Waals surface area (Å²) in [5.41, 5.74) is 12.7. The first-order valence-corrected chi connectivity index (χ1v) is 31.0. The van der Waals surface area contributed by atoms with Crippen LogP contribution in [0.25, 0.3) is 32.7 Å². The zero-order chi connectivity index (χ0) is 63.3. The fourth-order valence-corrected chi connectivity index (χ4v) is 12.8. The van der Waals surface area contributed by atoms with E-state index in [9.17, 15) is 19.2 Å². The molecule has 10 heteroatoms. The van der Waals surface area contributed by atoms with Crippen molar-refractivity contribution in [3.05, 3.63) is 273 Å². The molecule has 7 aromatic carbocycles. The van der Waals surface area contributed by atoms with Gasteiger partial charge in [-0.05, 0) is 102 Å². The third-order valence-electron chi connectivity index (χ3n) is 16.3. The number of methoxy groups -OCH3 is 2. The first-order chi connectivity index (χ1) is 43.5. The van der Waals surface area contributed by atoms with Gasteiger partial charge in [0.15, 0.2) is 0 Å². The normalized spacial score (nSPS) is 14.9. The first kappa shape index (κ1) is 68.5. The number of ether oxygens (including phenoxy) is 2. The van der Waals surface area contributed by atoms with Crippen molar-refractivity contribution in [3.8, 4) is 35.2 Å². The Morgan fingerprint density at radius 1 is 0.478 bits per heavy atom. The molecule has 0 aromatic heterocycles. The number of anilines is 2. The molecule has 6 aliphatic rings. The van der Waals surface area contributed by atoms with E-state index in [0.717, 1.165) is 81.9 Å². The van der Waals surface area contributed by atoms with Gasteiger partial charge in [0.25, 0.3) is 23.6 Å². The Morgan fingerprint density at radius 3 is 1.41 bits per heavy atom. The summed E-state index contributed by atoms with van der Waals surface area (Å²) in [6.07, 6.45) is 29.2. The molecule has 0 N–H and O–H groups in total. The van der Waals surface area contributed by atoms with E-state index in [1.165, 1.54) is 15.4 Å². The number of amides is 4. The van der Waals surface area contributed by atoms with Crippen molar-refractivity contribution < 1.29 is 90.9 Å². The van der Waals surface area contributed by atoms with Crippen LogP contribution >= 0.6 is 0 Å². The molecule has 4 amide bonds. The molecule has 0 unspecified atom stereocenters. The second-order valence-electron chi connectivity index (χ2n) is 24.3. The fraction of sp³-hybridized carbons (Fsp3) is 0.220. The Kier molecular flexibility index (Phi) is 22.5. The number of rotatable bonds is 12. The molecule has 0 fully saturated rings. The minimum absolute atomic E-state index is 0. The van der Waals surface area contributed by atoms with Crippen molar-refractivity contribution in [2.24, 2.45) is 23.7 Å². The summed E-state index contributed by atoms with van der Waals surface area (Å²) in [5.74, 6) is 15.2. The number of carbonyl (C=O) groups excluding carboxylic acids is 4. The van der Waals surface area contributed by atoms with Gasteiger partial charge >= 0.3 is 62.2 Å². The van der Waals surface area contributed by atoms with E-state index in [0.29, 0.717) is 95.3 Å². The van der Waals surface area contributed by atoms with E-state index in [4.69, 9.17) is 9.47 Å². The number of allylic oxidation sites excluding steroid dienone is 16. The van der Waals surface area contributed by atoms with Crippen LogP contribution in [0.3, 0.4) is 0 Å². The SMILES string of the molecule is CC(C)[CH-]C(C)C.CC(C)[CH-]C(C)C.COc1c(C#Cc2cccc(C#Cc3cc4c5c(cccc5c3OC)C(=O)N(c3c[c-]ccc3C3=C(C5=CCC=C5)CC=C3)C4=O)c2)cc2c3c(cccc13)C(=O)N(c1c[c-]ccc1C1=CC(C3=CCC=C3)=CC1)C2=O.[U+2].[U+2]. The fourth-order valence-electron chi connectivity index (χ4n) is 12.8. The molecule has 0 atom stereocenters. The van der Waals surface area contributed by atoms with Crippen molar-refractivity contribution in [2.75, 3.05) is 24.0 Å². The second-order valence-corrected chi connectivity index (χ2v) is 24.3. The predicted octanol–water partition coefficient (Wildman–Crippen LogP) is 18.2. The van der Waals surface area contributed by atoms with E-state index in [-0.39, 0.29) is 62.2 Å². The zero-order valence-corrected chi connectivity index (χ0v) is 62.1. The largest absolute Gasteiger partial charge is 2.00 e. The van der Waals surface area contributed by atoms with Gasteiger partial charge in [0.1, 0.15) is 11.5 Å². The van der Waals surface area contributed by atoms with E-state index in [1.807, 2.05) is 48.5 Å². The standard InChI is InChI=1S/C68H42N2O6.2C7H15.2U/c1-75-63-47(39-57-61-53(63)25-13-27-55(61)65(71)69(67(57)73)59-29-9-7-21-50(59)46-36-35-45(38-46)43-17-3-4-18-43)33-31-41-15-11-16-42(37-41)32-34-48-40-58-62-54(64(48)76-2)26-14-28-56(62)66(72)70(68(58)74)60-30-10-8-22-52(60)51-24-12-23-49(51)44-19-5-6-20-44;2*1-6(2)5-7(3)4;;/h3,5,7-8,11-22,24-30,35,37-40H,4,6,23,36H2,1-2H3;2*5-7H,1-4H3;;/q-2;2*-1;2*+2. The third-order valence-corrected chi connectivity index (χ3v) is 16.3. The molecule has 454 valence electrons. The summed E-state index contributed by atoms with van der Waals surface area (Å²) in [5, 5.41) is 2.23. The summed E-state index contributed by atoms with van der Waals surface area (Å²) >= 11 is 0. The molecule has 13 rings (SSSR count). The summed E-state index contributed by atoms with van der Waals surface area (Å²) < 4.78 is 12.0. The van der Waals surface area contributed by atoms with Gasteiger partial charge in [-0.15, -0.1) is 11.1 Å². The van der Waals surface area contributed by atoms with Crippen LogP contribution in [0, 0.1) is 135 Å².